The summed E-state index contributed by atoms with van der Waals surface area (Å²) in [6.45, 7) is 3.55. The van der Waals surface area contributed by atoms with Gasteiger partial charge in [-0.3, -0.25) is 9.36 Å². The van der Waals surface area contributed by atoms with Gasteiger partial charge in [0.15, 0.2) is 17.3 Å². The maximum atomic E-state index is 13.2. The van der Waals surface area contributed by atoms with Crippen LogP contribution in [0.2, 0.25) is 0 Å². The maximum absolute atomic E-state index is 13.2. The zero-order valence-electron chi connectivity index (χ0n) is 17.8. The lowest BCUT2D eigenvalue weighted by molar-refractivity contribution is 0.171. The third kappa shape index (κ3) is 3.25. The number of ether oxygens (including phenoxy) is 3. The van der Waals surface area contributed by atoms with E-state index in [0.29, 0.717) is 53.8 Å². The van der Waals surface area contributed by atoms with E-state index in [1.807, 2.05) is 55.5 Å². The fourth-order valence-electron chi connectivity index (χ4n) is 3.90. The predicted molar refractivity (Wildman–Crippen MR) is 121 cm³/mol. The van der Waals surface area contributed by atoms with Crippen molar-refractivity contribution in [2.45, 2.75) is 6.92 Å². The summed E-state index contributed by atoms with van der Waals surface area (Å²) in [4.78, 5) is 22.1. The van der Waals surface area contributed by atoms with Gasteiger partial charge in [-0.15, -0.1) is 5.10 Å². The van der Waals surface area contributed by atoms with Gasteiger partial charge in [0, 0.05) is 23.6 Å². The number of hydrogen-bond acceptors (Lipinski definition) is 7. The van der Waals surface area contributed by atoms with Crippen molar-refractivity contribution >= 4 is 16.7 Å². The molecule has 0 amide bonds. The van der Waals surface area contributed by atoms with Crippen LogP contribution in [0.15, 0.2) is 65.7 Å². The Morgan fingerprint density at radius 1 is 1.03 bits per heavy atom. The Morgan fingerprint density at radius 3 is 2.67 bits per heavy atom. The van der Waals surface area contributed by atoms with Gasteiger partial charge in [-0.05, 0) is 55.5 Å². The molecule has 5 aromatic rings. The average molecular weight is 441 g/mol. The van der Waals surface area contributed by atoms with Crippen molar-refractivity contribution in [3.8, 4) is 34.3 Å². The van der Waals surface area contributed by atoms with Crippen LogP contribution >= 0.6 is 0 Å². The Bertz CT molecular complexity index is 1560. The molecule has 0 saturated heterocycles. The van der Waals surface area contributed by atoms with Gasteiger partial charge in [0.05, 0.1) is 17.5 Å². The fraction of sp³-hybridized carbons (Fsp3) is 0.167. The number of aromatic nitrogens is 5. The number of pyridine rings is 1. The first-order chi connectivity index (χ1) is 16.2. The van der Waals surface area contributed by atoms with Crippen LogP contribution in [0, 0.1) is 0 Å². The molecule has 2 aromatic carbocycles. The van der Waals surface area contributed by atoms with E-state index in [-0.39, 0.29) is 5.56 Å². The summed E-state index contributed by atoms with van der Waals surface area (Å²) >= 11 is 0. The van der Waals surface area contributed by atoms with Crippen LogP contribution in [0.25, 0.3) is 33.8 Å². The normalized spacial score (nSPS) is 12.9. The maximum Gasteiger partial charge on any atom is 0.266 e. The number of hydrogen-bond donors (Lipinski definition) is 0. The van der Waals surface area contributed by atoms with Crippen molar-refractivity contribution in [3.63, 3.8) is 0 Å². The first-order valence-electron chi connectivity index (χ1n) is 10.6. The second kappa shape index (κ2) is 7.63. The smallest absolute Gasteiger partial charge is 0.266 e. The standard InChI is InChI=1S/C24H19N5O4/c1-2-31-17-6-4-16(5-7-17)28-10-9-19-18(23(28)30)14-25-24-26-22(27-29(19)24)15-3-8-20-21(13-15)33-12-11-32-20/h3-10,13-14H,2,11-12H2,1H3. The first-order valence-corrected chi connectivity index (χ1v) is 10.6. The van der Waals surface area contributed by atoms with E-state index < -0.39 is 0 Å². The molecule has 9 nitrogen and oxygen atoms in total. The third-order valence-electron chi connectivity index (χ3n) is 5.46. The molecule has 0 fully saturated rings. The van der Waals surface area contributed by atoms with Crippen LogP contribution in [0.3, 0.4) is 0 Å². The van der Waals surface area contributed by atoms with Crippen molar-refractivity contribution in [1.29, 1.82) is 0 Å². The topological polar surface area (TPSA) is 92.8 Å². The Hall–Kier alpha value is -4.40. The lowest BCUT2D eigenvalue weighted by atomic mass is 10.2. The van der Waals surface area contributed by atoms with E-state index in [2.05, 4.69) is 15.1 Å². The van der Waals surface area contributed by atoms with Crippen LogP contribution in [-0.2, 0) is 0 Å². The van der Waals surface area contributed by atoms with Gasteiger partial charge >= 0.3 is 0 Å². The van der Waals surface area contributed by atoms with Crippen LogP contribution in [-0.4, -0.2) is 44.0 Å². The highest BCUT2D eigenvalue weighted by Crippen LogP contribution is 2.33. The van der Waals surface area contributed by atoms with E-state index in [1.165, 1.54) is 0 Å². The van der Waals surface area contributed by atoms with Gasteiger partial charge in [0.25, 0.3) is 11.3 Å². The van der Waals surface area contributed by atoms with E-state index in [4.69, 9.17) is 14.2 Å². The molecule has 0 atom stereocenters. The molecule has 0 spiro atoms. The lowest BCUT2D eigenvalue weighted by Crippen LogP contribution is -2.18. The van der Waals surface area contributed by atoms with Crippen LogP contribution < -0.4 is 19.8 Å². The first kappa shape index (κ1) is 19.3. The summed E-state index contributed by atoms with van der Waals surface area (Å²) in [7, 11) is 0. The quantitative estimate of drug-likeness (QED) is 0.423. The predicted octanol–water partition coefficient (Wildman–Crippen LogP) is 3.27. The van der Waals surface area contributed by atoms with E-state index in [0.717, 1.165) is 17.0 Å². The highest BCUT2D eigenvalue weighted by molar-refractivity contribution is 5.79. The molecule has 9 heteroatoms. The molecule has 0 aliphatic carbocycles. The van der Waals surface area contributed by atoms with Gasteiger partial charge in [0.2, 0.25) is 0 Å². The number of rotatable bonds is 4. The minimum atomic E-state index is -0.192. The molecule has 6 rings (SSSR count). The summed E-state index contributed by atoms with van der Waals surface area (Å²) in [6, 6.07) is 14.8. The van der Waals surface area contributed by atoms with Crippen molar-refractivity contribution in [3.05, 3.63) is 71.3 Å². The Balaban J connectivity index is 1.43. The Kier molecular flexibility index (Phi) is 4.46. The van der Waals surface area contributed by atoms with Crippen LogP contribution in [0.4, 0.5) is 0 Å². The molecular weight excluding hydrogens is 422 g/mol. The summed E-state index contributed by atoms with van der Waals surface area (Å²) in [6.07, 6.45) is 3.27. The van der Waals surface area contributed by atoms with Gasteiger partial charge in [-0.2, -0.15) is 9.50 Å². The van der Waals surface area contributed by atoms with Crippen molar-refractivity contribution in [2.24, 2.45) is 0 Å². The zero-order chi connectivity index (χ0) is 22.4. The molecule has 0 N–H and O–H groups in total. The highest BCUT2D eigenvalue weighted by atomic mass is 16.6. The van der Waals surface area contributed by atoms with Crippen molar-refractivity contribution < 1.29 is 14.2 Å². The van der Waals surface area contributed by atoms with Gasteiger partial charge < -0.3 is 14.2 Å². The largest absolute Gasteiger partial charge is 0.494 e. The van der Waals surface area contributed by atoms with E-state index in [9.17, 15) is 4.79 Å². The van der Waals surface area contributed by atoms with Crippen molar-refractivity contribution in [2.75, 3.05) is 19.8 Å². The summed E-state index contributed by atoms with van der Waals surface area (Å²) in [5.74, 6) is 3.02. The van der Waals surface area contributed by atoms with Crippen molar-refractivity contribution in [1.82, 2.24) is 24.1 Å². The fourth-order valence-corrected chi connectivity index (χ4v) is 3.90. The molecule has 0 bridgehead atoms. The highest BCUT2D eigenvalue weighted by Gasteiger charge is 2.17. The monoisotopic (exact) mass is 441 g/mol. The van der Waals surface area contributed by atoms with Gasteiger partial charge in [-0.25, -0.2) is 4.98 Å². The summed E-state index contributed by atoms with van der Waals surface area (Å²) in [5, 5.41) is 5.06. The SMILES string of the molecule is CCOc1ccc(-n2ccc3c(cnc4nc(-c5ccc6c(c5)OCCO6)nn43)c2=O)cc1. The molecule has 0 radical (unpaired) electrons. The third-order valence-corrected chi connectivity index (χ3v) is 5.46. The molecule has 3 aromatic heterocycles. The molecule has 0 unspecified atom stereocenters. The van der Waals surface area contributed by atoms with Gasteiger partial charge in [0.1, 0.15) is 19.0 Å². The molecule has 1 aliphatic heterocycles. The van der Waals surface area contributed by atoms with Gasteiger partial charge in [-0.1, -0.05) is 0 Å². The number of benzene rings is 2. The molecular formula is C24H19N5O4. The molecule has 1 aliphatic rings. The number of nitrogens with zero attached hydrogens (tertiary/aromatic N) is 5. The van der Waals surface area contributed by atoms with Crippen LogP contribution in [0.1, 0.15) is 6.92 Å². The van der Waals surface area contributed by atoms with E-state index in [1.54, 1.807) is 21.5 Å². The minimum Gasteiger partial charge on any atom is -0.494 e. The number of fused-ring (bicyclic) bond motifs is 4. The lowest BCUT2D eigenvalue weighted by Gasteiger charge is -2.18. The second-order valence-corrected chi connectivity index (χ2v) is 7.48. The molecule has 33 heavy (non-hydrogen) atoms. The second-order valence-electron chi connectivity index (χ2n) is 7.48. The average Bonchev–Trinajstić information content (AvgIpc) is 3.30. The summed E-state index contributed by atoms with van der Waals surface area (Å²) < 4.78 is 19.9. The Labute approximate surface area is 187 Å². The Morgan fingerprint density at radius 2 is 1.85 bits per heavy atom. The van der Waals surface area contributed by atoms with E-state index >= 15 is 0 Å². The molecule has 4 heterocycles. The minimum absolute atomic E-state index is 0.192. The van der Waals surface area contributed by atoms with Crippen LogP contribution in [0.5, 0.6) is 17.2 Å². The molecule has 0 saturated carbocycles. The summed E-state index contributed by atoms with van der Waals surface area (Å²) in [5.41, 5.74) is 1.95. The molecule has 164 valence electrons. The zero-order valence-corrected chi connectivity index (χ0v) is 17.8.